The number of carbonyl (C=O) groups is 3. The van der Waals surface area contributed by atoms with Crippen molar-refractivity contribution >= 4 is 63.3 Å². The largest absolute Gasteiger partial charge is 0.463 e. The number of hydrogen-bond acceptors (Lipinski definition) is 6. The molecule has 1 saturated heterocycles. The second-order valence-corrected chi connectivity index (χ2v) is 7.25. The van der Waals surface area contributed by atoms with Gasteiger partial charge < -0.3 is 9.64 Å². The molecule has 1 aliphatic rings. The third kappa shape index (κ3) is 6.47. The maximum atomic E-state index is 12.3. The smallest absolute Gasteiger partial charge is 0.326 e. The molecule has 0 unspecified atom stereocenters. The monoisotopic (exact) mass is 448 g/mol. The number of amides is 2. The maximum Gasteiger partial charge on any atom is 0.326 e. The number of halogens is 2. The van der Waals surface area contributed by atoms with Crippen LogP contribution in [0.25, 0.3) is 6.08 Å². The topological polar surface area (TPSA) is 66.9 Å². The van der Waals surface area contributed by atoms with Crippen molar-refractivity contribution in [2.45, 2.75) is 0 Å². The normalized spacial score (nSPS) is 15.7. The van der Waals surface area contributed by atoms with Crippen molar-refractivity contribution in [3.8, 4) is 0 Å². The van der Waals surface area contributed by atoms with Crippen LogP contribution >= 0.6 is 40.1 Å². The van der Waals surface area contributed by atoms with Gasteiger partial charge in [-0.1, -0.05) is 28.1 Å². The van der Waals surface area contributed by atoms with Gasteiger partial charge in [-0.15, -0.1) is 12.4 Å². The van der Waals surface area contributed by atoms with Crippen LogP contribution in [0.15, 0.2) is 33.6 Å². The highest BCUT2D eigenvalue weighted by Gasteiger charge is 2.36. The van der Waals surface area contributed by atoms with Crippen LogP contribution in [0.2, 0.25) is 0 Å². The van der Waals surface area contributed by atoms with Crippen LogP contribution in [0, 0.1) is 0 Å². The summed E-state index contributed by atoms with van der Waals surface area (Å²) in [6, 6.07) is 7.34. The molecule has 2 amide bonds. The van der Waals surface area contributed by atoms with Crippen LogP contribution in [-0.2, 0) is 14.3 Å². The second-order valence-electron chi connectivity index (χ2n) is 5.34. The van der Waals surface area contributed by atoms with E-state index in [-0.39, 0.29) is 25.6 Å². The van der Waals surface area contributed by atoms with Crippen molar-refractivity contribution < 1.29 is 19.1 Å². The van der Waals surface area contributed by atoms with Crippen LogP contribution in [0.5, 0.6) is 0 Å². The molecule has 9 heteroatoms. The first-order valence-electron chi connectivity index (χ1n) is 7.18. The van der Waals surface area contributed by atoms with Crippen molar-refractivity contribution in [2.24, 2.45) is 0 Å². The minimum atomic E-state index is -0.593. The third-order valence-corrected chi connectivity index (χ3v) is 4.57. The standard InChI is InChI=1S/C16H17BrN2O4S.ClH/c1-18(2)7-8-23-14(20)10-19-15(21)13(24-16(19)22)9-11-3-5-12(17)6-4-11;/h3-6,9H,7-8,10H2,1-2H3;1H. The minimum Gasteiger partial charge on any atom is -0.463 e. The Bertz CT molecular complexity index is 679. The lowest BCUT2D eigenvalue weighted by atomic mass is 10.2. The van der Waals surface area contributed by atoms with E-state index in [4.69, 9.17) is 4.74 Å². The Labute approximate surface area is 165 Å². The summed E-state index contributed by atoms with van der Waals surface area (Å²) in [5.41, 5.74) is 0.803. The van der Waals surface area contributed by atoms with E-state index in [9.17, 15) is 14.4 Å². The van der Waals surface area contributed by atoms with Gasteiger partial charge in [-0.05, 0) is 49.6 Å². The Balaban J connectivity index is 0.00000312. The van der Waals surface area contributed by atoms with Gasteiger partial charge in [-0.25, -0.2) is 0 Å². The van der Waals surface area contributed by atoms with Gasteiger partial charge in [0.2, 0.25) is 0 Å². The molecule has 1 aromatic rings. The Hall–Kier alpha value is -1.35. The molecule has 1 aliphatic heterocycles. The molecule has 0 aromatic heterocycles. The van der Waals surface area contributed by atoms with Gasteiger partial charge >= 0.3 is 5.97 Å². The predicted molar refractivity (Wildman–Crippen MR) is 104 cm³/mol. The van der Waals surface area contributed by atoms with E-state index in [2.05, 4.69) is 15.9 Å². The van der Waals surface area contributed by atoms with Gasteiger partial charge in [-0.2, -0.15) is 0 Å². The Kier molecular flexibility index (Phi) is 8.64. The molecule has 0 bridgehead atoms. The van der Waals surface area contributed by atoms with Crippen molar-refractivity contribution in [3.63, 3.8) is 0 Å². The van der Waals surface area contributed by atoms with Crippen LogP contribution in [0.4, 0.5) is 4.79 Å². The van der Waals surface area contributed by atoms with Crippen molar-refractivity contribution in [1.29, 1.82) is 0 Å². The van der Waals surface area contributed by atoms with Gasteiger partial charge in [-0.3, -0.25) is 19.3 Å². The summed E-state index contributed by atoms with van der Waals surface area (Å²) in [6.45, 7) is 0.434. The number of thioether (sulfide) groups is 1. The summed E-state index contributed by atoms with van der Waals surface area (Å²) >= 11 is 4.16. The lowest BCUT2D eigenvalue weighted by molar-refractivity contribution is -0.146. The van der Waals surface area contributed by atoms with Crippen molar-refractivity contribution in [3.05, 3.63) is 39.2 Å². The number of carbonyl (C=O) groups excluding carboxylic acids is 3. The summed E-state index contributed by atoms with van der Waals surface area (Å²) in [6.07, 6.45) is 1.63. The number of benzene rings is 1. The first kappa shape index (κ1) is 21.7. The highest BCUT2D eigenvalue weighted by Crippen LogP contribution is 2.32. The van der Waals surface area contributed by atoms with E-state index in [1.807, 2.05) is 43.3 Å². The summed E-state index contributed by atoms with van der Waals surface area (Å²) in [5.74, 6) is -1.07. The fraction of sp³-hybridized carbons (Fsp3) is 0.312. The van der Waals surface area contributed by atoms with Gasteiger partial charge in [0.15, 0.2) is 0 Å². The zero-order chi connectivity index (χ0) is 17.7. The quantitative estimate of drug-likeness (QED) is 0.491. The van der Waals surface area contributed by atoms with Crippen LogP contribution in [0.1, 0.15) is 5.56 Å². The van der Waals surface area contributed by atoms with Crippen molar-refractivity contribution in [2.75, 3.05) is 33.8 Å². The molecule has 6 nitrogen and oxygen atoms in total. The average molecular weight is 450 g/mol. The summed E-state index contributed by atoms with van der Waals surface area (Å²) in [5, 5.41) is -0.465. The number of esters is 1. The summed E-state index contributed by atoms with van der Waals surface area (Å²) in [4.78, 5) is 39.1. The molecular weight excluding hydrogens is 432 g/mol. The zero-order valence-corrected chi connectivity index (χ0v) is 16.9. The number of ether oxygens (including phenoxy) is 1. The second kappa shape index (κ2) is 9.96. The first-order valence-corrected chi connectivity index (χ1v) is 8.79. The third-order valence-electron chi connectivity index (χ3n) is 3.13. The number of hydrogen-bond donors (Lipinski definition) is 0. The number of nitrogens with zero attached hydrogens (tertiary/aromatic N) is 2. The molecule has 0 atom stereocenters. The van der Waals surface area contributed by atoms with E-state index in [1.54, 1.807) is 6.08 Å². The van der Waals surface area contributed by atoms with Crippen molar-refractivity contribution in [1.82, 2.24) is 9.80 Å². The average Bonchev–Trinajstić information content (AvgIpc) is 2.77. The van der Waals surface area contributed by atoms with Crippen LogP contribution in [-0.4, -0.2) is 60.7 Å². The van der Waals surface area contributed by atoms with E-state index in [1.165, 1.54) is 0 Å². The fourth-order valence-electron chi connectivity index (χ4n) is 1.86. The molecule has 136 valence electrons. The molecule has 0 spiro atoms. The molecule has 0 saturated carbocycles. The molecule has 2 rings (SSSR count). The van der Waals surface area contributed by atoms with Gasteiger partial charge in [0.05, 0.1) is 4.91 Å². The van der Waals surface area contributed by atoms with E-state index in [0.717, 1.165) is 26.7 Å². The summed E-state index contributed by atoms with van der Waals surface area (Å²) in [7, 11) is 3.72. The van der Waals surface area contributed by atoms with Gasteiger partial charge in [0.1, 0.15) is 13.2 Å². The van der Waals surface area contributed by atoms with Gasteiger partial charge in [0.25, 0.3) is 11.1 Å². The summed E-state index contributed by atoms with van der Waals surface area (Å²) < 4.78 is 5.94. The van der Waals surface area contributed by atoms with Crippen LogP contribution < -0.4 is 0 Å². The molecule has 1 heterocycles. The predicted octanol–water partition coefficient (Wildman–Crippen LogP) is 3.01. The Morgan fingerprint density at radius 3 is 2.52 bits per heavy atom. The Morgan fingerprint density at radius 2 is 1.92 bits per heavy atom. The molecule has 25 heavy (non-hydrogen) atoms. The molecule has 1 fully saturated rings. The van der Waals surface area contributed by atoms with E-state index < -0.39 is 17.1 Å². The minimum absolute atomic E-state index is 0. The molecular formula is C16H18BrClN2O4S. The number of rotatable bonds is 6. The molecule has 0 aliphatic carbocycles. The fourth-order valence-corrected chi connectivity index (χ4v) is 2.97. The number of imide groups is 1. The molecule has 1 aromatic carbocycles. The lowest BCUT2D eigenvalue weighted by Gasteiger charge is -2.13. The maximum absolute atomic E-state index is 12.3. The molecule has 0 radical (unpaired) electrons. The Morgan fingerprint density at radius 1 is 1.28 bits per heavy atom. The first-order chi connectivity index (χ1) is 11.4. The lowest BCUT2D eigenvalue weighted by Crippen LogP contribution is -2.35. The van der Waals surface area contributed by atoms with E-state index in [0.29, 0.717) is 11.4 Å². The molecule has 0 N–H and O–H groups in total. The highest BCUT2D eigenvalue weighted by molar-refractivity contribution is 9.10. The SMILES string of the molecule is CN(C)CCOC(=O)CN1C(=O)SC(=Cc2ccc(Br)cc2)C1=O.Cl. The zero-order valence-electron chi connectivity index (χ0n) is 13.7. The van der Waals surface area contributed by atoms with Crippen LogP contribution in [0.3, 0.4) is 0 Å². The van der Waals surface area contributed by atoms with Gasteiger partial charge in [0, 0.05) is 11.0 Å². The van der Waals surface area contributed by atoms with E-state index >= 15 is 0 Å². The highest BCUT2D eigenvalue weighted by atomic mass is 79.9. The number of likely N-dealkylation sites (N-methyl/N-ethyl adjacent to an activating group) is 1.